The van der Waals surface area contributed by atoms with Crippen LogP contribution >= 0.6 is 0 Å². The summed E-state index contributed by atoms with van der Waals surface area (Å²) in [6.07, 6.45) is 0.260. The number of hydrogen-bond acceptors (Lipinski definition) is 2. The van der Waals surface area contributed by atoms with Crippen LogP contribution in [0.4, 0.5) is 0 Å². The summed E-state index contributed by atoms with van der Waals surface area (Å²) in [5, 5.41) is 5.22. The lowest BCUT2D eigenvalue weighted by atomic mass is 10.0. The van der Waals surface area contributed by atoms with Crippen LogP contribution < -0.4 is 10.1 Å². The Morgan fingerprint density at radius 2 is 1.69 bits per heavy atom. The molecule has 0 saturated carbocycles. The predicted molar refractivity (Wildman–Crippen MR) is 106 cm³/mol. The van der Waals surface area contributed by atoms with Gasteiger partial charge in [0.05, 0.1) is 6.04 Å². The maximum Gasteiger partial charge on any atom is 0.261 e. The quantitative estimate of drug-likeness (QED) is 0.667. The molecule has 3 heteroatoms. The molecule has 3 aromatic rings. The van der Waals surface area contributed by atoms with Crippen molar-refractivity contribution < 1.29 is 9.53 Å². The Kier molecular flexibility index (Phi) is 5.57. The van der Waals surface area contributed by atoms with Crippen molar-refractivity contribution in [3.8, 4) is 5.75 Å². The average molecular weight is 347 g/mol. The third kappa shape index (κ3) is 4.05. The summed E-state index contributed by atoms with van der Waals surface area (Å²) in [6.45, 7) is 5.92. The topological polar surface area (TPSA) is 38.3 Å². The van der Waals surface area contributed by atoms with Crippen LogP contribution in [0.15, 0.2) is 66.7 Å². The number of carbonyl (C=O) groups excluding carboxylic acids is 1. The fourth-order valence-corrected chi connectivity index (χ4v) is 3.05. The largest absolute Gasteiger partial charge is 0.480 e. The Hall–Kier alpha value is -2.81. The first-order chi connectivity index (χ1) is 12.6. The Balaban J connectivity index is 1.71. The van der Waals surface area contributed by atoms with Gasteiger partial charge in [0.2, 0.25) is 0 Å². The minimum atomic E-state index is -0.569. The Morgan fingerprint density at radius 1 is 1.00 bits per heavy atom. The molecule has 1 N–H and O–H groups in total. The van der Waals surface area contributed by atoms with E-state index in [0.29, 0.717) is 0 Å². The monoisotopic (exact) mass is 347 g/mol. The number of hydrogen-bond donors (Lipinski definition) is 1. The van der Waals surface area contributed by atoms with Crippen molar-refractivity contribution in [2.24, 2.45) is 0 Å². The second-order valence-corrected chi connectivity index (χ2v) is 6.62. The molecule has 2 atom stereocenters. The first-order valence-corrected chi connectivity index (χ1v) is 9.10. The van der Waals surface area contributed by atoms with E-state index in [-0.39, 0.29) is 11.9 Å². The molecule has 3 nitrogen and oxygen atoms in total. The highest BCUT2D eigenvalue weighted by Crippen LogP contribution is 2.26. The number of ether oxygens (including phenoxy) is 1. The van der Waals surface area contributed by atoms with Gasteiger partial charge in [0, 0.05) is 5.39 Å². The average Bonchev–Trinajstić information content (AvgIpc) is 2.67. The molecule has 0 heterocycles. The maximum atomic E-state index is 12.7. The van der Waals surface area contributed by atoms with Crippen LogP contribution in [0.5, 0.6) is 5.75 Å². The zero-order valence-corrected chi connectivity index (χ0v) is 15.5. The molecule has 0 fully saturated rings. The highest BCUT2D eigenvalue weighted by atomic mass is 16.5. The smallest absolute Gasteiger partial charge is 0.261 e. The summed E-state index contributed by atoms with van der Waals surface area (Å²) >= 11 is 0. The van der Waals surface area contributed by atoms with Gasteiger partial charge in [-0.05, 0) is 37.3 Å². The molecule has 0 aliphatic rings. The molecule has 0 radical (unpaired) electrons. The van der Waals surface area contributed by atoms with Gasteiger partial charge in [-0.1, -0.05) is 73.2 Å². The predicted octanol–water partition coefficient (Wildman–Crippen LogP) is 5.18. The number of rotatable bonds is 6. The lowest BCUT2D eigenvalue weighted by Gasteiger charge is -2.21. The van der Waals surface area contributed by atoms with E-state index in [4.69, 9.17) is 4.74 Å². The van der Waals surface area contributed by atoms with Crippen LogP contribution in [0.3, 0.4) is 0 Å². The van der Waals surface area contributed by atoms with E-state index in [0.717, 1.165) is 28.5 Å². The standard InChI is InChI=1S/C23H25NO2/c1-4-21(19-14-12-16(2)13-15-19)24-23(25)17(3)26-22-11-7-9-18-8-5-6-10-20(18)22/h5-15,17,21H,4H2,1-3H3,(H,24,25)/t17-,21+/m1/s1. The van der Waals surface area contributed by atoms with Crippen molar-refractivity contribution >= 4 is 16.7 Å². The Labute approximate surface area is 155 Å². The van der Waals surface area contributed by atoms with E-state index in [1.165, 1.54) is 5.56 Å². The van der Waals surface area contributed by atoms with E-state index in [2.05, 4.69) is 43.4 Å². The van der Waals surface area contributed by atoms with Gasteiger partial charge in [0.15, 0.2) is 6.10 Å². The fraction of sp³-hybridized carbons (Fsp3) is 0.261. The summed E-state index contributed by atoms with van der Waals surface area (Å²) < 4.78 is 5.98. The van der Waals surface area contributed by atoms with Crippen LogP contribution in [0.2, 0.25) is 0 Å². The molecular formula is C23H25NO2. The summed E-state index contributed by atoms with van der Waals surface area (Å²) in [5.41, 5.74) is 2.33. The molecule has 26 heavy (non-hydrogen) atoms. The maximum absolute atomic E-state index is 12.7. The van der Waals surface area contributed by atoms with E-state index in [9.17, 15) is 4.79 Å². The number of nitrogens with one attached hydrogen (secondary N) is 1. The van der Waals surface area contributed by atoms with Gasteiger partial charge in [0.1, 0.15) is 5.75 Å². The van der Waals surface area contributed by atoms with Crippen molar-refractivity contribution in [3.05, 3.63) is 77.9 Å². The zero-order chi connectivity index (χ0) is 18.5. The molecule has 0 aliphatic carbocycles. The molecule has 0 unspecified atom stereocenters. The van der Waals surface area contributed by atoms with Crippen LogP contribution in [0.25, 0.3) is 10.8 Å². The van der Waals surface area contributed by atoms with Crippen LogP contribution in [-0.4, -0.2) is 12.0 Å². The Morgan fingerprint density at radius 3 is 2.42 bits per heavy atom. The van der Waals surface area contributed by atoms with Gasteiger partial charge in [-0.3, -0.25) is 4.79 Å². The van der Waals surface area contributed by atoms with Crippen LogP contribution in [0.1, 0.15) is 37.4 Å². The molecule has 134 valence electrons. The van der Waals surface area contributed by atoms with E-state index >= 15 is 0 Å². The Bertz CT molecular complexity index is 881. The normalized spacial score (nSPS) is 13.2. The molecular weight excluding hydrogens is 322 g/mol. The molecule has 1 amide bonds. The third-order valence-corrected chi connectivity index (χ3v) is 4.63. The van der Waals surface area contributed by atoms with Crippen molar-refractivity contribution in [1.29, 1.82) is 0 Å². The van der Waals surface area contributed by atoms with Gasteiger partial charge in [-0.2, -0.15) is 0 Å². The van der Waals surface area contributed by atoms with Crippen LogP contribution in [-0.2, 0) is 4.79 Å². The van der Waals surface area contributed by atoms with E-state index < -0.39 is 6.10 Å². The van der Waals surface area contributed by atoms with E-state index in [1.54, 1.807) is 6.92 Å². The van der Waals surface area contributed by atoms with E-state index in [1.807, 2.05) is 42.5 Å². The lowest BCUT2D eigenvalue weighted by molar-refractivity contribution is -0.128. The zero-order valence-electron chi connectivity index (χ0n) is 15.5. The van der Waals surface area contributed by atoms with Crippen molar-refractivity contribution in [2.45, 2.75) is 39.3 Å². The number of benzene rings is 3. The minimum Gasteiger partial charge on any atom is -0.480 e. The summed E-state index contributed by atoms with van der Waals surface area (Å²) in [4.78, 5) is 12.7. The number of aryl methyl sites for hydroxylation is 1. The molecule has 0 aromatic heterocycles. The highest BCUT2D eigenvalue weighted by Gasteiger charge is 2.20. The SMILES string of the molecule is CC[C@H](NC(=O)[C@@H](C)Oc1cccc2ccccc12)c1ccc(C)cc1. The van der Waals surface area contributed by atoms with Gasteiger partial charge in [0.25, 0.3) is 5.91 Å². The first-order valence-electron chi connectivity index (χ1n) is 9.10. The van der Waals surface area contributed by atoms with Gasteiger partial charge in [-0.15, -0.1) is 0 Å². The van der Waals surface area contributed by atoms with Crippen molar-refractivity contribution in [2.75, 3.05) is 0 Å². The van der Waals surface area contributed by atoms with Gasteiger partial charge >= 0.3 is 0 Å². The minimum absolute atomic E-state index is 0.0123. The van der Waals surface area contributed by atoms with Crippen molar-refractivity contribution in [3.63, 3.8) is 0 Å². The van der Waals surface area contributed by atoms with Gasteiger partial charge in [-0.25, -0.2) is 0 Å². The second-order valence-electron chi connectivity index (χ2n) is 6.62. The summed E-state index contributed by atoms with van der Waals surface area (Å²) in [6, 6.07) is 22.2. The lowest BCUT2D eigenvalue weighted by Crippen LogP contribution is -2.38. The molecule has 0 saturated heterocycles. The molecule has 0 spiro atoms. The molecule has 3 aromatic carbocycles. The molecule has 0 bridgehead atoms. The number of fused-ring (bicyclic) bond motifs is 1. The highest BCUT2D eigenvalue weighted by molar-refractivity contribution is 5.89. The molecule has 0 aliphatic heterocycles. The molecule has 3 rings (SSSR count). The summed E-state index contributed by atoms with van der Waals surface area (Å²) in [7, 11) is 0. The number of amides is 1. The first kappa shape index (κ1) is 18.0. The van der Waals surface area contributed by atoms with Crippen LogP contribution in [0, 0.1) is 6.92 Å². The second kappa shape index (κ2) is 8.05. The summed E-state index contributed by atoms with van der Waals surface area (Å²) in [5.74, 6) is 0.625. The van der Waals surface area contributed by atoms with Gasteiger partial charge < -0.3 is 10.1 Å². The number of carbonyl (C=O) groups is 1. The third-order valence-electron chi connectivity index (χ3n) is 4.63. The fourth-order valence-electron chi connectivity index (χ4n) is 3.05. The van der Waals surface area contributed by atoms with Crippen molar-refractivity contribution in [1.82, 2.24) is 5.32 Å².